The van der Waals surface area contributed by atoms with Gasteiger partial charge in [-0.3, -0.25) is 19.3 Å². The Labute approximate surface area is 152 Å². The van der Waals surface area contributed by atoms with Crippen LogP contribution in [0.15, 0.2) is 36.7 Å². The van der Waals surface area contributed by atoms with E-state index >= 15 is 0 Å². The largest absolute Gasteiger partial charge is 0.356 e. The van der Waals surface area contributed by atoms with Gasteiger partial charge < -0.3 is 15.1 Å². The predicted molar refractivity (Wildman–Crippen MR) is 97.6 cm³/mol. The van der Waals surface area contributed by atoms with E-state index in [1.54, 1.807) is 59.2 Å². The molecule has 0 atom stereocenters. The zero-order valence-electron chi connectivity index (χ0n) is 15.3. The molecule has 0 radical (unpaired) electrons. The van der Waals surface area contributed by atoms with Crippen LogP contribution >= 0.6 is 0 Å². The van der Waals surface area contributed by atoms with Crippen LogP contribution in [0.5, 0.6) is 0 Å². The molecule has 1 saturated heterocycles. The van der Waals surface area contributed by atoms with Crippen LogP contribution in [0.2, 0.25) is 0 Å². The first-order valence-electron chi connectivity index (χ1n) is 8.61. The van der Waals surface area contributed by atoms with Gasteiger partial charge in [-0.15, -0.1) is 0 Å². The van der Waals surface area contributed by atoms with Gasteiger partial charge in [0, 0.05) is 46.5 Å². The maximum Gasteiger partial charge on any atom is 0.272 e. The van der Waals surface area contributed by atoms with Crippen LogP contribution in [-0.2, 0) is 11.8 Å². The van der Waals surface area contributed by atoms with Gasteiger partial charge in [0.25, 0.3) is 5.91 Å². The normalized spacial score (nSPS) is 16.2. The summed E-state index contributed by atoms with van der Waals surface area (Å²) in [5, 5.41) is 7.54. The average Bonchev–Trinajstić information content (AvgIpc) is 3.06. The second-order valence-corrected chi connectivity index (χ2v) is 6.75. The minimum atomic E-state index is -0.752. The van der Waals surface area contributed by atoms with Crippen molar-refractivity contribution in [1.82, 2.24) is 24.6 Å². The van der Waals surface area contributed by atoms with Crippen molar-refractivity contribution in [3.05, 3.63) is 42.4 Å². The van der Waals surface area contributed by atoms with E-state index in [1.165, 1.54) is 0 Å². The fourth-order valence-corrected chi connectivity index (χ4v) is 3.30. The maximum atomic E-state index is 12.9. The van der Waals surface area contributed by atoms with Gasteiger partial charge >= 0.3 is 0 Å². The van der Waals surface area contributed by atoms with Gasteiger partial charge in [-0.25, -0.2) is 0 Å². The van der Waals surface area contributed by atoms with Crippen LogP contribution in [0.1, 0.15) is 23.3 Å². The predicted octanol–water partition coefficient (Wildman–Crippen LogP) is 0.990. The molecule has 3 rings (SSSR count). The van der Waals surface area contributed by atoms with Gasteiger partial charge in [0.15, 0.2) is 0 Å². The summed E-state index contributed by atoms with van der Waals surface area (Å²) in [4.78, 5) is 33.0. The summed E-state index contributed by atoms with van der Waals surface area (Å²) in [5.74, 6) is 0.686. The Bertz CT molecular complexity index is 778. The number of piperidine rings is 1. The van der Waals surface area contributed by atoms with Gasteiger partial charge in [0.05, 0.1) is 6.20 Å². The highest BCUT2D eigenvalue weighted by Crippen LogP contribution is 2.29. The van der Waals surface area contributed by atoms with Crippen molar-refractivity contribution in [2.75, 3.05) is 32.5 Å². The molecule has 2 aromatic heterocycles. The molecule has 8 heteroatoms. The highest BCUT2D eigenvalue weighted by atomic mass is 16.2. The molecule has 2 aromatic rings. The Morgan fingerprint density at radius 3 is 2.42 bits per heavy atom. The van der Waals surface area contributed by atoms with Gasteiger partial charge in [-0.1, -0.05) is 6.07 Å². The van der Waals surface area contributed by atoms with E-state index in [1.807, 2.05) is 13.1 Å². The number of likely N-dealkylation sites (N-methyl/N-ethyl adjacent to an activating group) is 1. The Morgan fingerprint density at radius 2 is 1.88 bits per heavy atom. The first kappa shape index (κ1) is 17.9. The molecular formula is C18H24N6O2. The zero-order chi connectivity index (χ0) is 18.7. The maximum absolute atomic E-state index is 12.9. The van der Waals surface area contributed by atoms with E-state index in [0.717, 1.165) is 5.82 Å². The molecule has 1 aliphatic rings. The summed E-state index contributed by atoms with van der Waals surface area (Å²) in [6, 6.07) is 7.14. The highest BCUT2D eigenvalue weighted by molar-refractivity contribution is 5.93. The molecule has 8 nitrogen and oxygen atoms in total. The number of carbonyl (C=O) groups excluding carboxylic acids is 2. The van der Waals surface area contributed by atoms with Crippen molar-refractivity contribution in [1.29, 1.82) is 0 Å². The molecule has 0 aliphatic carbocycles. The molecule has 3 heterocycles. The number of nitrogens with zero attached hydrogens (tertiary/aromatic N) is 5. The smallest absolute Gasteiger partial charge is 0.272 e. The molecule has 0 saturated carbocycles. The minimum absolute atomic E-state index is 0.00337. The number of pyridine rings is 1. The van der Waals surface area contributed by atoms with E-state index in [2.05, 4.69) is 15.4 Å². The minimum Gasteiger partial charge on any atom is -0.356 e. The lowest BCUT2D eigenvalue weighted by Crippen LogP contribution is -2.59. The summed E-state index contributed by atoms with van der Waals surface area (Å²) in [5.41, 5.74) is -0.323. The lowest BCUT2D eigenvalue weighted by atomic mass is 9.85. The monoisotopic (exact) mass is 356 g/mol. The number of aromatic nitrogens is 3. The van der Waals surface area contributed by atoms with Gasteiger partial charge in [0.2, 0.25) is 5.91 Å². The molecule has 0 unspecified atom stereocenters. The summed E-state index contributed by atoms with van der Waals surface area (Å²) in [6.45, 7) is 0.972. The van der Waals surface area contributed by atoms with Crippen LogP contribution in [-0.4, -0.2) is 69.1 Å². The Balaban J connectivity index is 1.78. The number of anilines is 1. The van der Waals surface area contributed by atoms with E-state index in [9.17, 15) is 9.59 Å². The van der Waals surface area contributed by atoms with Crippen molar-refractivity contribution >= 4 is 17.6 Å². The standard InChI is InChI=1S/C18H24N6O2/c1-22(2)17(26)18(21-15-7-11-20-23(15)3)8-12-24(13-9-18)16(25)14-6-4-5-10-19-14/h4-7,10-11,21H,8-9,12-13H2,1-3H3. The fraction of sp³-hybridized carbons (Fsp3) is 0.444. The second-order valence-electron chi connectivity index (χ2n) is 6.75. The average molecular weight is 356 g/mol. The van der Waals surface area contributed by atoms with Crippen molar-refractivity contribution in [3.8, 4) is 0 Å². The van der Waals surface area contributed by atoms with E-state index < -0.39 is 5.54 Å². The Hall–Kier alpha value is -2.90. The topological polar surface area (TPSA) is 83.4 Å². The van der Waals surface area contributed by atoms with Gasteiger partial charge in [-0.05, 0) is 25.0 Å². The quantitative estimate of drug-likeness (QED) is 0.883. The van der Waals surface area contributed by atoms with E-state index in [-0.39, 0.29) is 11.8 Å². The third-order valence-corrected chi connectivity index (χ3v) is 4.79. The lowest BCUT2D eigenvalue weighted by Gasteiger charge is -2.42. The summed E-state index contributed by atoms with van der Waals surface area (Å²) < 4.78 is 1.70. The lowest BCUT2D eigenvalue weighted by molar-refractivity contribution is -0.135. The molecular weight excluding hydrogens is 332 g/mol. The van der Waals surface area contributed by atoms with Gasteiger partial charge in [-0.2, -0.15) is 5.10 Å². The molecule has 0 spiro atoms. The Morgan fingerprint density at radius 1 is 1.15 bits per heavy atom. The van der Waals surface area contributed by atoms with Crippen LogP contribution in [0.3, 0.4) is 0 Å². The molecule has 1 aliphatic heterocycles. The van der Waals surface area contributed by atoms with Crippen molar-refractivity contribution in [2.45, 2.75) is 18.4 Å². The van der Waals surface area contributed by atoms with E-state index in [4.69, 9.17) is 0 Å². The number of likely N-dealkylation sites (tertiary alicyclic amines) is 1. The third-order valence-electron chi connectivity index (χ3n) is 4.79. The van der Waals surface area contributed by atoms with E-state index in [0.29, 0.717) is 31.6 Å². The van der Waals surface area contributed by atoms with Crippen molar-refractivity contribution in [3.63, 3.8) is 0 Å². The highest BCUT2D eigenvalue weighted by Gasteiger charge is 2.43. The van der Waals surface area contributed by atoms with Crippen LogP contribution in [0.4, 0.5) is 5.82 Å². The van der Waals surface area contributed by atoms with Crippen LogP contribution in [0.25, 0.3) is 0 Å². The number of hydrogen-bond donors (Lipinski definition) is 1. The van der Waals surface area contributed by atoms with Crippen LogP contribution < -0.4 is 5.32 Å². The molecule has 1 N–H and O–H groups in total. The summed E-state index contributed by atoms with van der Waals surface area (Å²) >= 11 is 0. The molecule has 0 bridgehead atoms. The number of nitrogens with one attached hydrogen (secondary N) is 1. The number of carbonyl (C=O) groups is 2. The number of rotatable bonds is 4. The molecule has 138 valence electrons. The second kappa shape index (κ2) is 7.15. The number of hydrogen-bond acceptors (Lipinski definition) is 5. The molecule has 1 fully saturated rings. The summed E-state index contributed by atoms with van der Waals surface area (Å²) in [6.07, 6.45) is 4.35. The van der Waals surface area contributed by atoms with Gasteiger partial charge in [0.1, 0.15) is 17.1 Å². The first-order chi connectivity index (χ1) is 12.4. The first-order valence-corrected chi connectivity index (χ1v) is 8.61. The molecule has 26 heavy (non-hydrogen) atoms. The summed E-state index contributed by atoms with van der Waals surface area (Å²) in [7, 11) is 5.33. The zero-order valence-corrected chi connectivity index (χ0v) is 15.3. The third kappa shape index (κ3) is 3.40. The van der Waals surface area contributed by atoms with Crippen LogP contribution in [0, 0.1) is 0 Å². The number of amides is 2. The van der Waals surface area contributed by atoms with Crippen molar-refractivity contribution in [2.24, 2.45) is 7.05 Å². The molecule has 0 aromatic carbocycles. The molecule has 2 amide bonds. The Kier molecular flexibility index (Phi) is 4.92. The SMILES string of the molecule is CN(C)C(=O)C1(Nc2ccnn2C)CCN(C(=O)c2ccccn2)CC1. The van der Waals surface area contributed by atoms with Crippen molar-refractivity contribution < 1.29 is 9.59 Å². The number of aryl methyl sites for hydroxylation is 1. The fourth-order valence-electron chi connectivity index (χ4n) is 3.30.